The van der Waals surface area contributed by atoms with Crippen molar-refractivity contribution in [2.75, 3.05) is 26.7 Å². The molecule has 0 saturated carbocycles. The van der Waals surface area contributed by atoms with E-state index in [0.29, 0.717) is 5.92 Å². The van der Waals surface area contributed by atoms with E-state index in [0.717, 1.165) is 26.1 Å². The van der Waals surface area contributed by atoms with Crippen molar-refractivity contribution in [2.24, 2.45) is 5.92 Å². The summed E-state index contributed by atoms with van der Waals surface area (Å²) in [6.07, 6.45) is 1.12. The van der Waals surface area contributed by atoms with E-state index in [1.807, 2.05) is 0 Å². The number of likely N-dealkylation sites (N-methyl/N-ethyl adjacent to an activating group) is 1. The molecular formula is C13H26N2. The minimum absolute atomic E-state index is 0.276. The van der Waals surface area contributed by atoms with E-state index in [1.54, 1.807) is 0 Å². The van der Waals surface area contributed by atoms with Crippen LogP contribution >= 0.6 is 0 Å². The Morgan fingerprint density at radius 2 is 1.93 bits per heavy atom. The zero-order chi connectivity index (χ0) is 11.6. The topological polar surface area (TPSA) is 6.48 Å². The van der Waals surface area contributed by atoms with E-state index in [-0.39, 0.29) is 5.54 Å². The minimum Gasteiger partial charge on any atom is -0.372 e. The fraction of sp³-hybridized carbons (Fsp3) is 0.846. The average Bonchev–Trinajstić information content (AvgIpc) is 2.08. The molecule has 15 heavy (non-hydrogen) atoms. The van der Waals surface area contributed by atoms with Crippen LogP contribution < -0.4 is 0 Å². The Hall–Kier alpha value is -0.500. The summed E-state index contributed by atoms with van der Waals surface area (Å²) < 4.78 is 0. The first-order valence-electron chi connectivity index (χ1n) is 5.97. The highest BCUT2D eigenvalue weighted by Gasteiger charge is 2.31. The fourth-order valence-corrected chi connectivity index (χ4v) is 2.11. The molecule has 1 fully saturated rings. The Morgan fingerprint density at radius 1 is 1.33 bits per heavy atom. The quantitative estimate of drug-likeness (QED) is 0.706. The molecule has 0 aromatic carbocycles. The third-order valence-corrected chi connectivity index (χ3v) is 3.41. The molecule has 88 valence electrons. The van der Waals surface area contributed by atoms with Gasteiger partial charge in [0.1, 0.15) is 0 Å². The summed E-state index contributed by atoms with van der Waals surface area (Å²) in [6.45, 7) is 16.7. The van der Waals surface area contributed by atoms with Crippen molar-refractivity contribution >= 4 is 0 Å². The lowest BCUT2D eigenvalue weighted by Crippen LogP contribution is -2.57. The molecule has 0 spiro atoms. The molecule has 2 nitrogen and oxygen atoms in total. The molecule has 0 aromatic rings. The van der Waals surface area contributed by atoms with Gasteiger partial charge >= 0.3 is 0 Å². The van der Waals surface area contributed by atoms with Gasteiger partial charge in [0, 0.05) is 30.9 Å². The maximum Gasteiger partial charge on any atom is 0.0354 e. The van der Waals surface area contributed by atoms with Crippen molar-refractivity contribution in [3.8, 4) is 0 Å². The number of allylic oxidation sites excluding steroid dienone is 1. The Labute approximate surface area is 94.9 Å². The summed E-state index contributed by atoms with van der Waals surface area (Å²) in [5.41, 5.74) is 1.59. The molecule has 1 aliphatic heterocycles. The van der Waals surface area contributed by atoms with Gasteiger partial charge in [-0.25, -0.2) is 0 Å². The van der Waals surface area contributed by atoms with Gasteiger partial charge in [0.15, 0.2) is 0 Å². The number of rotatable bonds is 3. The Kier molecular flexibility index (Phi) is 3.82. The summed E-state index contributed by atoms with van der Waals surface area (Å²) in [5.74, 6) is 0.709. The summed E-state index contributed by atoms with van der Waals surface area (Å²) in [7, 11) is 2.21. The van der Waals surface area contributed by atoms with Crippen LogP contribution in [-0.2, 0) is 0 Å². The summed E-state index contributed by atoms with van der Waals surface area (Å²) in [6, 6.07) is 0. The minimum atomic E-state index is 0.276. The monoisotopic (exact) mass is 210 g/mol. The Bertz CT molecular complexity index is 231. The van der Waals surface area contributed by atoms with Crippen molar-refractivity contribution in [1.82, 2.24) is 9.80 Å². The zero-order valence-electron chi connectivity index (χ0n) is 11.0. The highest BCUT2D eigenvalue weighted by atomic mass is 15.3. The van der Waals surface area contributed by atoms with Crippen LogP contribution in [0.3, 0.4) is 0 Å². The summed E-state index contributed by atoms with van der Waals surface area (Å²) in [4.78, 5) is 4.89. The fourth-order valence-electron chi connectivity index (χ4n) is 2.11. The van der Waals surface area contributed by atoms with Crippen LogP contribution in [0.5, 0.6) is 0 Å². The van der Waals surface area contributed by atoms with E-state index in [4.69, 9.17) is 0 Å². The van der Waals surface area contributed by atoms with Crippen LogP contribution in [0, 0.1) is 5.92 Å². The molecule has 1 heterocycles. The molecule has 0 amide bonds. The van der Waals surface area contributed by atoms with Gasteiger partial charge in [-0.3, -0.25) is 4.90 Å². The standard InChI is InChI=1S/C13H26N2/c1-11(2)9-12(3)15-8-7-14(6)13(4,5)10-15/h11H,3,7-10H2,1-2,4-6H3. The maximum atomic E-state index is 4.22. The molecule has 2 heteroatoms. The van der Waals surface area contributed by atoms with Crippen LogP contribution in [0.2, 0.25) is 0 Å². The molecular weight excluding hydrogens is 184 g/mol. The van der Waals surface area contributed by atoms with Gasteiger partial charge in [-0.2, -0.15) is 0 Å². The largest absolute Gasteiger partial charge is 0.372 e. The molecule has 0 N–H and O–H groups in total. The van der Waals surface area contributed by atoms with Gasteiger partial charge in [-0.1, -0.05) is 20.4 Å². The van der Waals surface area contributed by atoms with E-state index in [9.17, 15) is 0 Å². The summed E-state index contributed by atoms with van der Waals surface area (Å²) >= 11 is 0. The Balaban J connectivity index is 2.55. The number of piperazine rings is 1. The number of hydrogen-bond donors (Lipinski definition) is 0. The van der Waals surface area contributed by atoms with Gasteiger partial charge in [-0.05, 0) is 33.2 Å². The lowest BCUT2D eigenvalue weighted by Gasteiger charge is -2.47. The van der Waals surface area contributed by atoms with Gasteiger partial charge < -0.3 is 4.90 Å². The number of hydrogen-bond acceptors (Lipinski definition) is 2. The SMILES string of the molecule is C=C(CC(C)C)N1CCN(C)C(C)(C)C1. The average molecular weight is 210 g/mol. The maximum absolute atomic E-state index is 4.22. The summed E-state index contributed by atoms with van der Waals surface area (Å²) in [5, 5.41) is 0. The molecule has 0 aromatic heterocycles. The predicted molar refractivity (Wildman–Crippen MR) is 66.9 cm³/mol. The zero-order valence-corrected chi connectivity index (χ0v) is 11.0. The van der Waals surface area contributed by atoms with E-state index in [2.05, 4.69) is 51.1 Å². The Morgan fingerprint density at radius 3 is 2.40 bits per heavy atom. The molecule has 0 atom stereocenters. The van der Waals surface area contributed by atoms with Gasteiger partial charge in [0.25, 0.3) is 0 Å². The van der Waals surface area contributed by atoms with Crippen molar-refractivity contribution in [1.29, 1.82) is 0 Å². The highest BCUT2D eigenvalue weighted by Crippen LogP contribution is 2.23. The van der Waals surface area contributed by atoms with Crippen molar-refractivity contribution < 1.29 is 0 Å². The van der Waals surface area contributed by atoms with Gasteiger partial charge in [0.2, 0.25) is 0 Å². The third-order valence-electron chi connectivity index (χ3n) is 3.41. The van der Waals surface area contributed by atoms with Gasteiger partial charge in [0.05, 0.1) is 0 Å². The van der Waals surface area contributed by atoms with Crippen LogP contribution in [0.1, 0.15) is 34.1 Å². The molecule has 0 radical (unpaired) electrons. The van der Waals surface area contributed by atoms with Crippen molar-refractivity contribution in [3.05, 3.63) is 12.3 Å². The van der Waals surface area contributed by atoms with E-state index in [1.165, 1.54) is 5.70 Å². The molecule has 0 aliphatic carbocycles. The first-order chi connectivity index (χ1) is 6.83. The van der Waals surface area contributed by atoms with Crippen LogP contribution in [-0.4, -0.2) is 42.0 Å². The smallest absolute Gasteiger partial charge is 0.0354 e. The first kappa shape index (κ1) is 12.6. The second-order valence-corrected chi connectivity index (χ2v) is 5.82. The second-order valence-electron chi connectivity index (χ2n) is 5.82. The van der Waals surface area contributed by atoms with Gasteiger partial charge in [-0.15, -0.1) is 0 Å². The van der Waals surface area contributed by atoms with E-state index >= 15 is 0 Å². The third kappa shape index (κ3) is 3.23. The molecule has 1 saturated heterocycles. The van der Waals surface area contributed by atoms with Crippen LogP contribution in [0.25, 0.3) is 0 Å². The van der Waals surface area contributed by atoms with Crippen molar-refractivity contribution in [2.45, 2.75) is 39.7 Å². The molecule has 1 aliphatic rings. The molecule has 0 unspecified atom stereocenters. The van der Waals surface area contributed by atoms with Crippen molar-refractivity contribution in [3.63, 3.8) is 0 Å². The predicted octanol–water partition coefficient (Wildman–Crippen LogP) is 2.57. The van der Waals surface area contributed by atoms with Crippen LogP contribution in [0.4, 0.5) is 0 Å². The normalized spacial score (nSPS) is 22.1. The lowest BCUT2D eigenvalue weighted by molar-refractivity contribution is 0.0555. The first-order valence-corrected chi connectivity index (χ1v) is 5.97. The van der Waals surface area contributed by atoms with E-state index < -0.39 is 0 Å². The molecule has 1 rings (SSSR count). The lowest BCUT2D eigenvalue weighted by atomic mass is 9.98. The molecule has 0 bridgehead atoms. The number of nitrogens with zero attached hydrogens (tertiary/aromatic N) is 2. The second kappa shape index (κ2) is 4.56. The highest BCUT2D eigenvalue weighted by molar-refractivity contribution is 5.01. The van der Waals surface area contributed by atoms with Crippen LogP contribution in [0.15, 0.2) is 12.3 Å².